The molecule has 0 radical (unpaired) electrons. The molecule has 0 aromatic carbocycles. The molecule has 19 heavy (non-hydrogen) atoms. The second-order valence-electron chi connectivity index (χ2n) is 4.40. The van der Waals surface area contributed by atoms with E-state index in [1.54, 1.807) is 6.07 Å². The maximum absolute atomic E-state index is 9.18. The summed E-state index contributed by atoms with van der Waals surface area (Å²) in [7, 11) is 0. The standard InChI is InChI=1S/C13H16N6/c1-4-5-11-10(7-14)13(15)19(18-11)12-6-8(2)16-9(3)17-12/h6H,4-5,15H2,1-3H3. The van der Waals surface area contributed by atoms with E-state index in [4.69, 9.17) is 5.73 Å². The molecule has 0 saturated heterocycles. The Balaban J connectivity index is 2.59. The van der Waals surface area contributed by atoms with Gasteiger partial charge in [0.2, 0.25) is 0 Å². The zero-order chi connectivity index (χ0) is 14.0. The van der Waals surface area contributed by atoms with Gasteiger partial charge in [-0.25, -0.2) is 9.97 Å². The molecule has 0 spiro atoms. The van der Waals surface area contributed by atoms with Crippen molar-refractivity contribution < 1.29 is 0 Å². The molecule has 2 N–H and O–H groups in total. The Labute approximate surface area is 111 Å². The van der Waals surface area contributed by atoms with Gasteiger partial charge in [0.25, 0.3) is 0 Å². The molecular formula is C13H16N6. The van der Waals surface area contributed by atoms with Gasteiger partial charge in [0, 0.05) is 11.8 Å². The zero-order valence-electron chi connectivity index (χ0n) is 11.3. The lowest BCUT2D eigenvalue weighted by Gasteiger charge is -2.04. The lowest BCUT2D eigenvalue weighted by atomic mass is 10.2. The fraction of sp³-hybridized carbons (Fsp3) is 0.385. The average Bonchev–Trinajstić information content (AvgIpc) is 2.65. The highest BCUT2D eigenvalue weighted by Gasteiger charge is 2.16. The molecule has 0 unspecified atom stereocenters. The van der Waals surface area contributed by atoms with Crippen molar-refractivity contribution in [2.45, 2.75) is 33.6 Å². The van der Waals surface area contributed by atoms with E-state index in [9.17, 15) is 5.26 Å². The van der Waals surface area contributed by atoms with Crippen LogP contribution >= 0.6 is 0 Å². The fourth-order valence-electron chi connectivity index (χ4n) is 1.99. The first kappa shape index (κ1) is 13.0. The van der Waals surface area contributed by atoms with Crippen LogP contribution < -0.4 is 5.73 Å². The second-order valence-corrected chi connectivity index (χ2v) is 4.40. The summed E-state index contributed by atoms with van der Waals surface area (Å²) in [5, 5.41) is 13.6. The molecule has 2 aromatic heterocycles. The predicted octanol–water partition coefficient (Wildman–Crippen LogP) is 1.69. The number of rotatable bonds is 3. The first-order valence-electron chi connectivity index (χ1n) is 6.17. The van der Waals surface area contributed by atoms with E-state index >= 15 is 0 Å². The Bertz CT molecular complexity index is 630. The van der Waals surface area contributed by atoms with Crippen LogP contribution in [0.2, 0.25) is 0 Å². The molecule has 0 aliphatic heterocycles. The quantitative estimate of drug-likeness (QED) is 0.901. The van der Waals surface area contributed by atoms with E-state index in [1.807, 2.05) is 20.8 Å². The molecule has 0 aliphatic rings. The summed E-state index contributed by atoms with van der Waals surface area (Å²) in [5.41, 5.74) is 7.99. The van der Waals surface area contributed by atoms with Gasteiger partial charge >= 0.3 is 0 Å². The lowest BCUT2D eigenvalue weighted by molar-refractivity contribution is 0.784. The number of anilines is 1. The SMILES string of the molecule is CCCc1nn(-c2cc(C)nc(C)n2)c(N)c1C#N. The van der Waals surface area contributed by atoms with Crippen molar-refractivity contribution >= 4 is 5.82 Å². The van der Waals surface area contributed by atoms with Gasteiger partial charge in [-0.15, -0.1) is 0 Å². The van der Waals surface area contributed by atoms with Crippen LogP contribution in [0.25, 0.3) is 5.82 Å². The van der Waals surface area contributed by atoms with Gasteiger partial charge in [-0.1, -0.05) is 13.3 Å². The van der Waals surface area contributed by atoms with Crippen LogP contribution in [0.3, 0.4) is 0 Å². The van der Waals surface area contributed by atoms with E-state index in [0.717, 1.165) is 24.2 Å². The number of hydrogen-bond acceptors (Lipinski definition) is 5. The third-order valence-electron chi connectivity index (χ3n) is 2.76. The molecule has 2 heterocycles. The van der Waals surface area contributed by atoms with Crippen LogP contribution in [-0.2, 0) is 6.42 Å². The number of nitrogens with zero attached hydrogens (tertiary/aromatic N) is 5. The zero-order valence-corrected chi connectivity index (χ0v) is 11.3. The molecule has 0 aliphatic carbocycles. The van der Waals surface area contributed by atoms with E-state index in [0.29, 0.717) is 23.0 Å². The average molecular weight is 256 g/mol. The van der Waals surface area contributed by atoms with Gasteiger partial charge in [-0.2, -0.15) is 15.0 Å². The van der Waals surface area contributed by atoms with E-state index < -0.39 is 0 Å². The number of aromatic nitrogens is 4. The van der Waals surface area contributed by atoms with Crippen LogP contribution in [0.1, 0.15) is 36.1 Å². The molecule has 0 atom stereocenters. The van der Waals surface area contributed by atoms with Crippen molar-refractivity contribution in [1.82, 2.24) is 19.7 Å². The van der Waals surface area contributed by atoms with Crippen molar-refractivity contribution in [1.29, 1.82) is 5.26 Å². The summed E-state index contributed by atoms with van der Waals surface area (Å²) in [4.78, 5) is 8.53. The summed E-state index contributed by atoms with van der Waals surface area (Å²) in [5.74, 6) is 1.59. The van der Waals surface area contributed by atoms with Crippen LogP contribution in [0.4, 0.5) is 5.82 Å². The van der Waals surface area contributed by atoms with Gasteiger partial charge in [-0.05, 0) is 20.3 Å². The summed E-state index contributed by atoms with van der Waals surface area (Å²) in [6, 6.07) is 3.92. The van der Waals surface area contributed by atoms with Gasteiger partial charge in [-0.3, -0.25) is 0 Å². The monoisotopic (exact) mass is 256 g/mol. The third kappa shape index (κ3) is 2.40. The van der Waals surface area contributed by atoms with Gasteiger partial charge in [0.15, 0.2) is 5.82 Å². The van der Waals surface area contributed by atoms with Gasteiger partial charge in [0.05, 0.1) is 5.69 Å². The summed E-state index contributed by atoms with van der Waals surface area (Å²) < 4.78 is 1.52. The van der Waals surface area contributed by atoms with E-state index in [-0.39, 0.29) is 0 Å². The first-order valence-corrected chi connectivity index (χ1v) is 6.17. The van der Waals surface area contributed by atoms with Crippen LogP contribution in [-0.4, -0.2) is 19.7 Å². The highest BCUT2D eigenvalue weighted by Crippen LogP contribution is 2.20. The Kier molecular flexibility index (Phi) is 3.47. The maximum Gasteiger partial charge on any atom is 0.159 e. The molecule has 0 fully saturated rings. The Morgan fingerprint density at radius 3 is 2.68 bits per heavy atom. The summed E-state index contributed by atoms with van der Waals surface area (Å²) >= 11 is 0. The van der Waals surface area contributed by atoms with Crippen molar-refractivity contribution in [3.8, 4) is 11.9 Å². The highest BCUT2D eigenvalue weighted by atomic mass is 15.3. The molecule has 98 valence electrons. The molecule has 2 rings (SSSR count). The van der Waals surface area contributed by atoms with Gasteiger partial charge < -0.3 is 5.73 Å². The number of aryl methyl sites for hydroxylation is 3. The number of nitrogen functional groups attached to an aromatic ring is 1. The molecule has 6 heteroatoms. The maximum atomic E-state index is 9.18. The van der Waals surface area contributed by atoms with Crippen molar-refractivity contribution in [3.63, 3.8) is 0 Å². The molecule has 6 nitrogen and oxygen atoms in total. The largest absolute Gasteiger partial charge is 0.382 e. The Hall–Kier alpha value is -2.42. The van der Waals surface area contributed by atoms with Crippen molar-refractivity contribution in [3.05, 3.63) is 28.8 Å². The van der Waals surface area contributed by atoms with E-state index in [2.05, 4.69) is 21.1 Å². The normalized spacial score (nSPS) is 10.4. The number of nitrogens with two attached hydrogens (primary N) is 1. The highest BCUT2D eigenvalue weighted by molar-refractivity contribution is 5.55. The molecule has 0 saturated carbocycles. The minimum Gasteiger partial charge on any atom is -0.382 e. The number of hydrogen-bond donors (Lipinski definition) is 1. The summed E-state index contributed by atoms with van der Waals surface area (Å²) in [6.07, 6.45) is 1.64. The predicted molar refractivity (Wildman–Crippen MR) is 71.8 cm³/mol. The molecule has 2 aromatic rings. The van der Waals surface area contributed by atoms with Crippen molar-refractivity contribution in [2.24, 2.45) is 0 Å². The molecule has 0 amide bonds. The van der Waals surface area contributed by atoms with Crippen LogP contribution in [0, 0.1) is 25.2 Å². The topological polar surface area (TPSA) is 93.4 Å². The molecular weight excluding hydrogens is 240 g/mol. The van der Waals surface area contributed by atoms with Gasteiger partial charge in [0.1, 0.15) is 23.3 Å². The number of nitriles is 1. The fourth-order valence-corrected chi connectivity index (χ4v) is 1.99. The minimum atomic E-state index is 0.337. The first-order chi connectivity index (χ1) is 9.06. The Morgan fingerprint density at radius 2 is 2.11 bits per heavy atom. The second kappa shape index (κ2) is 5.06. The lowest BCUT2D eigenvalue weighted by Crippen LogP contribution is -2.07. The summed E-state index contributed by atoms with van der Waals surface area (Å²) in [6.45, 7) is 5.74. The molecule has 0 bridgehead atoms. The minimum absolute atomic E-state index is 0.337. The van der Waals surface area contributed by atoms with E-state index in [1.165, 1.54) is 4.68 Å². The van der Waals surface area contributed by atoms with Crippen molar-refractivity contribution in [2.75, 3.05) is 5.73 Å². The third-order valence-corrected chi connectivity index (χ3v) is 2.76. The van der Waals surface area contributed by atoms with Crippen LogP contribution in [0.15, 0.2) is 6.07 Å². The van der Waals surface area contributed by atoms with Crippen LogP contribution in [0.5, 0.6) is 0 Å². The Morgan fingerprint density at radius 1 is 1.37 bits per heavy atom. The smallest absolute Gasteiger partial charge is 0.159 e.